The van der Waals surface area contributed by atoms with E-state index in [-0.39, 0.29) is 43.6 Å². The van der Waals surface area contributed by atoms with Crippen molar-refractivity contribution in [3.63, 3.8) is 0 Å². The van der Waals surface area contributed by atoms with Crippen molar-refractivity contribution in [3.05, 3.63) is 84.2 Å². The van der Waals surface area contributed by atoms with Crippen LogP contribution in [0.25, 0.3) is 21.8 Å². The molecule has 0 fully saturated rings. The quantitative estimate of drug-likeness (QED) is 0.317. The average Bonchev–Trinajstić information content (AvgIpc) is 2.81. The summed E-state index contributed by atoms with van der Waals surface area (Å²) in [5.74, 6) is -0.947. The van der Waals surface area contributed by atoms with Gasteiger partial charge in [-0.3, -0.25) is 19.6 Å². The molecule has 34 heavy (non-hydrogen) atoms. The zero-order valence-electron chi connectivity index (χ0n) is 20.3. The first-order valence-electron chi connectivity index (χ1n) is 10.0. The second-order valence-corrected chi connectivity index (χ2v) is 6.94. The Kier molecular flexibility index (Phi) is 14.0. The summed E-state index contributed by atoms with van der Waals surface area (Å²) in [5.41, 5.74) is 4.06. The standard InChI is InChI=1S/C13H13NO2.C12H11NO2.Li.2H2O.H/c1-16-13(15)7-6-10-8-9-14-12-5-3-2-4-11(10)12;14-12(15)6-5-9-7-8-13-11-4-2-1-3-10(9)11;;;;/h2-5,8-9H,6-7H2,1H3;1-4,7-8H,5-6H2,(H,14,15);;2*1H2;/q;;+1;;;-1. The van der Waals surface area contributed by atoms with Gasteiger partial charge >= 0.3 is 30.8 Å². The third-order valence-corrected chi connectivity index (χ3v) is 4.91. The molecule has 2 aromatic carbocycles. The Labute approximate surface area is 211 Å². The Hall–Kier alpha value is -3.28. The average molecular weight is 460 g/mol. The number of aliphatic carboxylic acids is 1. The normalized spacial score (nSPS) is 9.44. The van der Waals surface area contributed by atoms with E-state index in [1.807, 2.05) is 60.7 Å². The molecule has 0 amide bonds. The molecule has 2 heterocycles. The molecule has 4 aromatic rings. The molecular formula is C25H29LiN2O6. The Morgan fingerprint density at radius 2 is 1.24 bits per heavy atom. The summed E-state index contributed by atoms with van der Waals surface area (Å²) < 4.78 is 4.63. The number of aryl methyl sites for hydroxylation is 2. The number of nitrogens with zero attached hydrogens (tertiary/aromatic N) is 2. The molecule has 8 nitrogen and oxygen atoms in total. The number of hydrogen-bond donors (Lipinski definition) is 1. The fourth-order valence-electron chi connectivity index (χ4n) is 3.33. The summed E-state index contributed by atoms with van der Waals surface area (Å²) in [6, 6.07) is 19.5. The number of carboxylic acid groups (broad SMARTS) is 1. The number of esters is 1. The number of rotatable bonds is 6. The van der Waals surface area contributed by atoms with E-state index in [4.69, 9.17) is 5.11 Å². The Morgan fingerprint density at radius 3 is 1.68 bits per heavy atom. The zero-order valence-corrected chi connectivity index (χ0v) is 19.3. The molecule has 2 aromatic heterocycles. The van der Waals surface area contributed by atoms with Crippen LogP contribution in [0.4, 0.5) is 0 Å². The molecule has 0 saturated carbocycles. The van der Waals surface area contributed by atoms with Crippen LogP contribution in [0.15, 0.2) is 73.1 Å². The van der Waals surface area contributed by atoms with Crippen LogP contribution in [0, 0.1) is 0 Å². The maximum absolute atomic E-state index is 11.1. The molecule has 0 bridgehead atoms. The monoisotopic (exact) mass is 460 g/mol. The summed E-state index contributed by atoms with van der Waals surface area (Å²) >= 11 is 0. The van der Waals surface area contributed by atoms with E-state index in [0.717, 1.165) is 32.9 Å². The van der Waals surface area contributed by atoms with Crippen molar-refractivity contribution in [2.24, 2.45) is 0 Å². The molecular weight excluding hydrogens is 431 g/mol. The van der Waals surface area contributed by atoms with Gasteiger partial charge in [0.15, 0.2) is 0 Å². The van der Waals surface area contributed by atoms with Gasteiger partial charge in [0.25, 0.3) is 0 Å². The van der Waals surface area contributed by atoms with Gasteiger partial charge in [0.2, 0.25) is 0 Å². The van der Waals surface area contributed by atoms with Gasteiger partial charge in [-0.1, -0.05) is 36.4 Å². The summed E-state index contributed by atoms with van der Waals surface area (Å²) in [5, 5.41) is 10.8. The first-order valence-corrected chi connectivity index (χ1v) is 10.0. The van der Waals surface area contributed by atoms with Gasteiger partial charge < -0.3 is 22.2 Å². The molecule has 0 aliphatic carbocycles. The fraction of sp³-hybridized carbons (Fsp3) is 0.200. The first kappa shape index (κ1) is 30.7. The SMILES string of the molecule is COC(=O)CCc1ccnc2ccccc12.O.O.O=C(O)CCc1ccnc2ccccc12.[H-].[Li+]. The molecule has 0 aliphatic rings. The molecule has 0 spiro atoms. The number of hydrogen-bond acceptors (Lipinski definition) is 5. The van der Waals surface area contributed by atoms with Gasteiger partial charge in [-0.2, -0.15) is 0 Å². The topological polar surface area (TPSA) is 152 Å². The van der Waals surface area contributed by atoms with E-state index < -0.39 is 5.97 Å². The number of carbonyl (C=O) groups is 2. The van der Waals surface area contributed by atoms with Crippen molar-refractivity contribution < 1.29 is 50.7 Å². The number of pyridine rings is 2. The third kappa shape index (κ3) is 8.58. The molecule has 0 radical (unpaired) electrons. The van der Waals surface area contributed by atoms with E-state index >= 15 is 0 Å². The van der Waals surface area contributed by atoms with Gasteiger partial charge in [-0.15, -0.1) is 0 Å². The van der Waals surface area contributed by atoms with Crippen LogP contribution in [-0.2, 0) is 27.2 Å². The van der Waals surface area contributed by atoms with Gasteiger partial charge in [0.05, 0.1) is 18.1 Å². The molecule has 5 N–H and O–H groups in total. The first-order chi connectivity index (χ1) is 15.1. The fourth-order valence-corrected chi connectivity index (χ4v) is 3.33. The van der Waals surface area contributed by atoms with Crippen LogP contribution < -0.4 is 18.9 Å². The summed E-state index contributed by atoms with van der Waals surface area (Å²) in [6.07, 6.45) is 5.31. The third-order valence-electron chi connectivity index (χ3n) is 4.91. The van der Waals surface area contributed by atoms with Crippen molar-refractivity contribution >= 4 is 33.7 Å². The number of benzene rings is 2. The number of para-hydroxylation sites is 2. The second kappa shape index (κ2) is 15.5. The molecule has 0 aliphatic heterocycles. The van der Waals surface area contributed by atoms with Crippen LogP contribution >= 0.6 is 0 Å². The Balaban J connectivity index is 0. The summed E-state index contributed by atoms with van der Waals surface area (Å²) in [4.78, 5) is 30.1. The maximum atomic E-state index is 11.1. The smallest absolute Gasteiger partial charge is 1.00 e. The maximum Gasteiger partial charge on any atom is 1.00 e. The molecule has 4 rings (SSSR count). The van der Waals surface area contributed by atoms with Crippen molar-refractivity contribution in [1.82, 2.24) is 9.97 Å². The number of ether oxygens (including phenoxy) is 1. The van der Waals surface area contributed by atoms with Gasteiger partial charge in [-0.05, 0) is 48.2 Å². The van der Waals surface area contributed by atoms with E-state index in [0.29, 0.717) is 19.3 Å². The molecule has 0 saturated heterocycles. The van der Waals surface area contributed by atoms with E-state index in [1.165, 1.54) is 7.11 Å². The van der Waals surface area contributed by atoms with Crippen LogP contribution in [0.1, 0.15) is 25.4 Å². The van der Waals surface area contributed by atoms with Crippen LogP contribution in [0.3, 0.4) is 0 Å². The van der Waals surface area contributed by atoms with Crippen molar-refractivity contribution in [2.75, 3.05) is 7.11 Å². The largest absolute Gasteiger partial charge is 1.00 e. The predicted molar refractivity (Wildman–Crippen MR) is 128 cm³/mol. The Bertz CT molecular complexity index is 1200. The minimum Gasteiger partial charge on any atom is -1.00 e. The Morgan fingerprint density at radius 1 is 0.794 bits per heavy atom. The van der Waals surface area contributed by atoms with Crippen LogP contribution in [-0.4, -0.2) is 45.1 Å². The van der Waals surface area contributed by atoms with Crippen LogP contribution in [0.5, 0.6) is 0 Å². The number of methoxy groups -OCH3 is 1. The van der Waals surface area contributed by atoms with Crippen molar-refractivity contribution in [1.29, 1.82) is 0 Å². The number of carbonyl (C=O) groups excluding carboxylic acids is 1. The van der Waals surface area contributed by atoms with E-state index in [9.17, 15) is 9.59 Å². The summed E-state index contributed by atoms with van der Waals surface area (Å²) in [7, 11) is 1.41. The van der Waals surface area contributed by atoms with E-state index in [1.54, 1.807) is 12.4 Å². The van der Waals surface area contributed by atoms with Gasteiger partial charge in [0, 0.05) is 36.0 Å². The molecule has 0 unspecified atom stereocenters. The predicted octanol–water partition coefficient (Wildman–Crippen LogP) is 0.0595. The second-order valence-electron chi connectivity index (χ2n) is 6.94. The minimum absolute atomic E-state index is 0. The summed E-state index contributed by atoms with van der Waals surface area (Å²) in [6.45, 7) is 0. The molecule has 176 valence electrons. The van der Waals surface area contributed by atoms with Crippen molar-refractivity contribution in [3.8, 4) is 0 Å². The number of fused-ring (bicyclic) bond motifs is 2. The minimum atomic E-state index is -0.768. The van der Waals surface area contributed by atoms with Gasteiger partial charge in [-0.25, -0.2) is 0 Å². The molecule has 0 atom stereocenters. The van der Waals surface area contributed by atoms with Crippen LogP contribution in [0.2, 0.25) is 0 Å². The molecule has 9 heteroatoms. The van der Waals surface area contributed by atoms with Crippen molar-refractivity contribution in [2.45, 2.75) is 25.7 Å². The van der Waals surface area contributed by atoms with E-state index in [2.05, 4.69) is 14.7 Å². The van der Waals surface area contributed by atoms with Gasteiger partial charge in [0.1, 0.15) is 0 Å². The number of aromatic nitrogens is 2. The number of carboxylic acids is 1. The zero-order chi connectivity index (χ0) is 22.1.